The maximum atomic E-state index is 14.7. The van der Waals surface area contributed by atoms with Crippen LogP contribution in [0.1, 0.15) is 34.1 Å². The van der Waals surface area contributed by atoms with Gasteiger partial charge in [-0.15, -0.1) is 16.9 Å². The average molecular weight is 579 g/mol. The number of rotatable bonds is 7. The largest absolute Gasteiger partial charge is 0.394 e. The van der Waals surface area contributed by atoms with Crippen LogP contribution in [0.5, 0.6) is 0 Å². The maximum Gasteiger partial charge on any atom is 0.248 e. The van der Waals surface area contributed by atoms with Crippen molar-refractivity contribution in [3.63, 3.8) is 0 Å². The molecule has 6 atom stereocenters. The molecule has 0 saturated carbocycles. The zero-order chi connectivity index (χ0) is 29.1. The molecular weight excluding hydrogens is 540 g/mol. The van der Waals surface area contributed by atoms with E-state index < -0.39 is 33.4 Å². The molecule has 11 heteroatoms. The predicted octanol–water partition coefficient (Wildman–Crippen LogP) is 2.30. The normalized spacial score (nSPS) is 32.0. The lowest BCUT2D eigenvalue weighted by Gasteiger charge is -2.40. The molecule has 218 valence electrons. The summed E-state index contributed by atoms with van der Waals surface area (Å²) in [7, 11) is 0. The minimum atomic E-state index is -0.954. The molecule has 1 N–H and O–H groups in total. The molecule has 10 nitrogen and oxygen atoms in total. The second-order valence-corrected chi connectivity index (χ2v) is 13.9. The summed E-state index contributed by atoms with van der Waals surface area (Å²) < 4.78 is 0.0918. The summed E-state index contributed by atoms with van der Waals surface area (Å²) in [6.45, 7) is 9.33. The van der Waals surface area contributed by atoms with Gasteiger partial charge < -0.3 is 19.8 Å². The minimum Gasteiger partial charge on any atom is -0.394 e. The molecule has 0 bridgehead atoms. The first-order chi connectivity index (χ1) is 19.7. The first kappa shape index (κ1) is 28.0. The number of amides is 3. The van der Waals surface area contributed by atoms with Crippen molar-refractivity contribution in [3.05, 3.63) is 48.6 Å². The summed E-state index contributed by atoms with van der Waals surface area (Å²) in [6.07, 6.45) is 8.90. The number of likely N-dealkylation sites (tertiary alicyclic amines) is 1. The van der Waals surface area contributed by atoms with Crippen LogP contribution in [0.2, 0.25) is 0 Å². The van der Waals surface area contributed by atoms with E-state index in [4.69, 9.17) is 0 Å². The minimum absolute atomic E-state index is 0.0381. The van der Waals surface area contributed by atoms with Gasteiger partial charge in [-0.05, 0) is 31.4 Å². The van der Waals surface area contributed by atoms with Crippen LogP contribution in [0.4, 0.5) is 0 Å². The number of hydrogen-bond acceptors (Lipinski definition) is 7. The molecule has 0 aliphatic carbocycles. The Hall–Kier alpha value is -3.18. The second kappa shape index (κ2) is 10.3. The Balaban J connectivity index is 1.46. The van der Waals surface area contributed by atoms with Crippen molar-refractivity contribution in [2.75, 3.05) is 26.2 Å². The van der Waals surface area contributed by atoms with Gasteiger partial charge in [-0.2, -0.15) is 0 Å². The predicted molar refractivity (Wildman–Crippen MR) is 156 cm³/mol. The average Bonchev–Trinajstić information content (AvgIpc) is 3.47. The molecule has 3 amide bonds. The summed E-state index contributed by atoms with van der Waals surface area (Å²) in [6, 6.07) is 6.16. The van der Waals surface area contributed by atoms with Gasteiger partial charge in [0.15, 0.2) is 0 Å². The quantitative estimate of drug-likeness (QED) is 0.502. The summed E-state index contributed by atoms with van der Waals surface area (Å²) in [4.78, 5) is 48.6. The summed E-state index contributed by atoms with van der Waals surface area (Å²) in [5.74, 6) is -1.91. The van der Waals surface area contributed by atoms with Crippen LogP contribution >= 0.6 is 11.8 Å². The standard InChI is InChI=1S/C30H38N6O4S/c1-5-14-33-15-8-12-29(4)23(26(33)38)24-27(39)36(22(17-37)19(2)3)25-28(40)34(16-9-13-30(24,25)41-29)18-35-21-11-7-6-10-20(21)31-32-35/h6-13,19,22-25,37H,5,14-18H2,1-4H3/t22-,23+,24-,25?,29-,30-/m0/s1. The van der Waals surface area contributed by atoms with Crippen LogP contribution in [0.15, 0.2) is 48.6 Å². The molecule has 0 radical (unpaired) electrons. The highest BCUT2D eigenvalue weighted by atomic mass is 32.2. The molecule has 2 fully saturated rings. The summed E-state index contributed by atoms with van der Waals surface area (Å²) in [5.41, 5.74) is 1.55. The Kier molecular flexibility index (Phi) is 7.01. The monoisotopic (exact) mass is 578 g/mol. The third-order valence-electron chi connectivity index (χ3n) is 9.19. The fourth-order valence-corrected chi connectivity index (χ4v) is 9.46. The van der Waals surface area contributed by atoms with Crippen molar-refractivity contribution < 1.29 is 19.5 Å². The van der Waals surface area contributed by atoms with E-state index in [0.717, 1.165) is 17.5 Å². The van der Waals surface area contributed by atoms with Crippen molar-refractivity contribution in [3.8, 4) is 0 Å². The Morgan fingerprint density at radius 1 is 1.02 bits per heavy atom. The number of aliphatic hydroxyl groups is 1. The summed E-state index contributed by atoms with van der Waals surface area (Å²) in [5, 5.41) is 19.1. The first-order valence-electron chi connectivity index (χ1n) is 14.5. The number of nitrogens with zero attached hydrogens (tertiary/aromatic N) is 6. The highest BCUT2D eigenvalue weighted by Crippen LogP contribution is 2.66. The molecule has 1 aromatic carbocycles. The van der Waals surface area contributed by atoms with Gasteiger partial charge in [0, 0.05) is 24.4 Å². The van der Waals surface area contributed by atoms with E-state index in [1.54, 1.807) is 26.2 Å². The molecule has 4 aliphatic heterocycles. The molecule has 1 spiro atoms. The lowest BCUT2D eigenvalue weighted by Crippen LogP contribution is -2.58. The Morgan fingerprint density at radius 3 is 2.49 bits per heavy atom. The smallest absolute Gasteiger partial charge is 0.248 e. The highest BCUT2D eigenvalue weighted by molar-refractivity contribution is 8.02. The van der Waals surface area contributed by atoms with Gasteiger partial charge in [0.05, 0.1) is 34.7 Å². The van der Waals surface area contributed by atoms with E-state index in [9.17, 15) is 19.5 Å². The zero-order valence-corrected chi connectivity index (χ0v) is 24.8. The van der Waals surface area contributed by atoms with E-state index in [-0.39, 0.29) is 36.9 Å². The number of carbonyl (C=O) groups excluding carboxylic acids is 3. The van der Waals surface area contributed by atoms with E-state index >= 15 is 0 Å². The molecular formula is C30H38N6O4S. The first-order valence-corrected chi connectivity index (χ1v) is 15.3. The van der Waals surface area contributed by atoms with Crippen LogP contribution in [-0.2, 0) is 21.1 Å². The number of thioether (sulfide) groups is 1. The lowest BCUT2D eigenvalue weighted by atomic mass is 9.74. The molecule has 4 aliphatic rings. The molecule has 6 rings (SSSR count). The van der Waals surface area contributed by atoms with Crippen molar-refractivity contribution in [2.45, 2.75) is 62.4 Å². The fourth-order valence-electron chi connectivity index (χ4n) is 7.32. The number of carbonyl (C=O) groups is 3. The van der Waals surface area contributed by atoms with E-state index in [0.29, 0.717) is 19.6 Å². The van der Waals surface area contributed by atoms with Crippen molar-refractivity contribution >= 4 is 40.5 Å². The van der Waals surface area contributed by atoms with Gasteiger partial charge in [0.1, 0.15) is 18.2 Å². The third-order valence-corrected chi connectivity index (χ3v) is 11.0. The van der Waals surface area contributed by atoms with E-state index in [2.05, 4.69) is 16.4 Å². The number of hydrogen-bond donors (Lipinski definition) is 1. The number of aliphatic hydroxyl groups excluding tert-OH is 1. The van der Waals surface area contributed by atoms with E-state index in [1.807, 2.05) is 75.1 Å². The second-order valence-electron chi connectivity index (χ2n) is 12.1. The molecule has 1 aromatic heterocycles. The number of para-hydroxylation sites is 1. The number of fused-ring (bicyclic) bond motifs is 3. The molecule has 41 heavy (non-hydrogen) atoms. The van der Waals surface area contributed by atoms with Gasteiger partial charge in [0.2, 0.25) is 17.7 Å². The topological polar surface area (TPSA) is 112 Å². The van der Waals surface area contributed by atoms with Gasteiger partial charge >= 0.3 is 0 Å². The van der Waals surface area contributed by atoms with Crippen molar-refractivity contribution in [1.29, 1.82) is 0 Å². The number of benzene rings is 1. The Bertz CT molecular complexity index is 1440. The molecule has 2 saturated heterocycles. The molecule has 2 aromatic rings. The van der Waals surface area contributed by atoms with E-state index in [1.165, 1.54) is 0 Å². The van der Waals surface area contributed by atoms with Crippen molar-refractivity contribution in [1.82, 2.24) is 29.7 Å². The SMILES string of the molecule is CCCN1CC=C[C@]2(C)S[C@]34C=CCN(Cn5nnc6ccccc65)C(=O)C3N([C@@H](CO)C(C)C)C(=O)[C@@H]4[C@@H]2C1=O. The van der Waals surface area contributed by atoms with Crippen LogP contribution < -0.4 is 0 Å². The van der Waals surface area contributed by atoms with Crippen LogP contribution in [0.25, 0.3) is 11.0 Å². The number of aromatic nitrogens is 3. The van der Waals surface area contributed by atoms with Gasteiger partial charge in [0.25, 0.3) is 0 Å². The van der Waals surface area contributed by atoms with Gasteiger partial charge in [-0.25, -0.2) is 4.68 Å². The fraction of sp³-hybridized carbons (Fsp3) is 0.567. The summed E-state index contributed by atoms with van der Waals surface area (Å²) >= 11 is 1.57. The van der Waals surface area contributed by atoms with Crippen molar-refractivity contribution in [2.24, 2.45) is 17.8 Å². The Morgan fingerprint density at radius 2 is 1.76 bits per heavy atom. The van der Waals surface area contributed by atoms with Crippen LogP contribution in [0, 0.1) is 17.8 Å². The third kappa shape index (κ3) is 4.14. The molecule has 1 unspecified atom stereocenters. The van der Waals surface area contributed by atoms with Gasteiger partial charge in [-0.1, -0.05) is 62.4 Å². The Labute approximate surface area is 244 Å². The van der Waals surface area contributed by atoms with Crippen LogP contribution in [-0.4, -0.2) is 100 Å². The lowest BCUT2D eigenvalue weighted by molar-refractivity contribution is -0.148. The highest BCUT2D eigenvalue weighted by Gasteiger charge is 2.74. The molecule has 5 heterocycles. The zero-order valence-electron chi connectivity index (χ0n) is 24.0. The van der Waals surface area contributed by atoms with Crippen LogP contribution in [0.3, 0.4) is 0 Å². The maximum absolute atomic E-state index is 14.7. The van der Waals surface area contributed by atoms with Gasteiger partial charge in [-0.3, -0.25) is 14.4 Å².